The molecule has 1 saturated carbocycles. The highest BCUT2D eigenvalue weighted by Crippen LogP contribution is 2.29. The number of halogens is 1. The first-order valence-electron chi connectivity index (χ1n) is 7.01. The summed E-state index contributed by atoms with van der Waals surface area (Å²) in [5.74, 6) is 0.105. The van der Waals surface area contributed by atoms with Crippen LogP contribution in [0.5, 0.6) is 0 Å². The number of pyridine rings is 1. The van der Waals surface area contributed by atoms with E-state index in [1.165, 1.54) is 37.7 Å². The third-order valence-electron chi connectivity index (χ3n) is 4.01. The van der Waals surface area contributed by atoms with Crippen LogP contribution in [0.4, 0.5) is 0 Å². The van der Waals surface area contributed by atoms with Crippen molar-refractivity contribution in [2.24, 2.45) is 11.7 Å². The van der Waals surface area contributed by atoms with E-state index in [1.54, 1.807) is 6.92 Å². The minimum absolute atomic E-state index is 0.340. The minimum atomic E-state index is -0.349. The molecular weight excluding hydrogens is 304 g/mol. The first-order chi connectivity index (χ1) is 9.08. The van der Waals surface area contributed by atoms with Gasteiger partial charge in [0.25, 0.3) is 0 Å². The molecule has 1 aliphatic rings. The van der Waals surface area contributed by atoms with E-state index in [0.717, 1.165) is 22.5 Å². The van der Waals surface area contributed by atoms with Crippen LogP contribution in [0.1, 0.15) is 56.2 Å². The molecule has 4 heteroatoms. The fraction of sp³-hybridized carbons (Fsp3) is 0.600. The molecule has 1 atom stereocenters. The van der Waals surface area contributed by atoms with Crippen molar-refractivity contribution >= 4 is 21.8 Å². The fourth-order valence-electron chi connectivity index (χ4n) is 2.78. The number of aromatic nitrogens is 1. The van der Waals surface area contributed by atoms with Crippen LogP contribution in [0, 0.1) is 5.92 Å². The van der Waals surface area contributed by atoms with Gasteiger partial charge in [0.05, 0.1) is 11.6 Å². The van der Waals surface area contributed by atoms with Crippen molar-refractivity contribution in [2.45, 2.75) is 51.4 Å². The van der Waals surface area contributed by atoms with Crippen LogP contribution in [0.3, 0.4) is 0 Å². The minimum Gasteiger partial charge on any atom is -0.369 e. The summed E-state index contributed by atoms with van der Waals surface area (Å²) in [6.07, 6.45) is 9.75. The van der Waals surface area contributed by atoms with E-state index in [-0.39, 0.29) is 11.8 Å². The number of hydrogen-bond acceptors (Lipinski definition) is 2. The summed E-state index contributed by atoms with van der Waals surface area (Å²) >= 11 is 3.51. The first kappa shape index (κ1) is 14.5. The Kier molecular flexibility index (Phi) is 4.97. The van der Waals surface area contributed by atoms with Gasteiger partial charge in [-0.25, -0.2) is 0 Å². The third-order valence-corrected chi connectivity index (χ3v) is 4.65. The molecule has 0 aromatic carbocycles. The molecule has 1 aromatic heterocycles. The summed E-state index contributed by atoms with van der Waals surface area (Å²) in [6, 6.07) is 2.09. The second-order valence-corrected chi connectivity index (χ2v) is 6.40. The van der Waals surface area contributed by atoms with Crippen LogP contribution in [-0.2, 0) is 11.2 Å². The molecule has 104 valence electrons. The lowest BCUT2D eigenvalue weighted by atomic mass is 9.85. The average molecular weight is 325 g/mol. The highest BCUT2D eigenvalue weighted by molar-refractivity contribution is 9.10. The number of nitrogens with two attached hydrogens (primary N) is 1. The average Bonchev–Trinajstić information content (AvgIpc) is 2.39. The highest BCUT2D eigenvalue weighted by Gasteiger charge is 2.18. The van der Waals surface area contributed by atoms with E-state index in [0.29, 0.717) is 0 Å². The van der Waals surface area contributed by atoms with Crippen LogP contribution >= 0.6 is 15.9 Å². The topological polar surface area (TPSA) is 56.0 Å². The molecule has 0 saturated heterocycles. The predicted octanol–water partition coefficient (Wildman–Crippen LogP) is 3.56. The van der Waals surface area contributed by atoms with Gasteiger partial charge in [-0.1, -0.05) is 32.1 Å². The molecule has 3 nitrogen and oxygen atoms in total. The van der Waals surface area contributed by atoms with Gasteiger partial charge < -0.3 is 5.73 Å². The maximum absolute atomic E-state index is 11.2. The fourth-order valence-corrected chi connectivity index (χ4v) is 3.52. The smallest absolute Gasteiger partial charge is 0.226 e. The van der Waals surface area contributed by atoms with Gasteiger partial charge in [0.1, 0.15) is 0 Å². The summed E-state index contributed by atoms with van der Waals surface area (Å²) in [4.78, 5) is 15.6. The summed E-state index contributed by atoms with van der Waals surface area (Å²) in [5, 5.41) is 0. The van der Waals surface area contributed by atoms with Crippen LogP contribution in [0.25, 0.3) is 0 Å². The van der Waals surface area contributed by atoms with Gasteiger partial charge in [-0.05, 0) is 46.8 Å². The van der Waals surface area contributed by atoms with Crippen molar-refractivity contribution < 1.29 is 4.79 Å². The van der Waals surface area contributed by atoms with Gasteiger partial charge >= 0.3 is 0 Å². The van der Waals surface area contributed by atoms with Gasteiger partial charge in [0, 0.05) is 10.7 Å². The van der Waals surface area contributed by atoms with E-state index in [2.05, 4.69) is 27.0 Å². The molecule has 1 unspecified atom stereocenters. The Balaban J connectivity index is 2.07. The molecule has 1 heterocycles. The van der Waals surface area contributed by atoms with Crippen LogP contribution < -0.4 is 5.73 Å². The lowest BCUT2D eigenvalue weighted by Crippen LogP contribution is -2.20. The van der Waals surface area contributed by atoms with Gasteiger partial charge in [-0.2, -0.15) is 0 Å². The predicted molar refractivity (Wildman–Crippen MR) is 79.8 cm³/mol. The molecule has 0 radical (unpaired) electrons. The van der Waals surface area contributed by atoms with Gasteiger partial charge in [-0.15, -0.1) is 0 Å². The molecule has 0 spiro atoms. The van der Waals surface area contributed by atoms with Crippen LogP contribution in [0.15, 0.2) is 16.7 Å². The molecule has 1 amide bonds. The lowest BCUT2D eigenvalue weighted by Gasteiger charge is -2.21. The van der Waals surface area contributed by atoms with E-state index in [1.807, 2.05) is 6.20 Å². The molecule has 1 fully saturated rings. The molecule has 2 rings (SSSR count). The monoisotopic (exact) mass is 324 g/mol. The summed E-state index contributed by atoms with van der Waals surface area (Å²) < 4.78 is 0.895. The number of amides is 1. The zero-order valence-electron chi connectivity index (χ0n) is 11.4. The van der Waals surface area contributed by atoms with Gasteiger partial charge in [0.15, 0.2) is 0 Å². The Hall–Kier alpha value is -0.900. The zero-order chi connectivity index (χ0) is 13.8. The normalized spacial score (nSPS) is 18.2. The van der Waals surface area contributed by atoms with Gasteiger partial charge in [-0.3, -0.25) is 9.78 Å². The molecule has 19 heavy (non-hydrogen) atoms. The Bertz CT molecular complexity index is 455. The van der Waals surface area contributed by atoms with Crippen molar-refractivity contribution in [3.63, 3.8) is 0 Å². The Morgan fingerprint density at radius 3 is 2.74 bits per heavy atom. The molecule has 1 aromatic rings. The zero-order valence-corrected chi connectivity index (χ0v) is 12.9. The number of carbonyl (C=O) groups excluding carboxylic acids is 1. The molecule has 0 bridgehead atoms. The third kappa shape index (κ3) is 3.78. The van der Waals surface area contributed by atoms with E-state index >= 15 is 0 Å². The molecular formula is C15H21BrN2O. The number of carbonyl (C=O) groups is 1. The van der Waals surface area contributed by atoms with Crippen molar-refractivity contribution in [3.05, 3.63) is 28.0 Å². The van der Waals surface area contributed by atoms with Crippen molar-refractivity contribution in [2.75, 3.05) is 0 Å². The number of nitrogens with zero attached hydrogens (tertiary/aromatic N) is 1. The number of primary amides is 1. The maximum atomic E-state index is 11.2. The molecule has 2 N–H and O–H groups in total. The van der Waals surface area contributed by atoms with Gasteiger partial charge in [0.2, 0.25) is 5.91 Å². The van der Waals surface area contributed by atoms with Crippen molar-refractivity contribution in [1.29, 1.82) is 0 Å². The van der Waals surface area contributed by atoms with E-state index < -0.39 is 0 Å². The standard InChI is InChI=1S/C15H21BrN2O/c1-10(15(17)19)14-13(16)8-12(9-18-14)7-11-5-3-2-4-6-11/h8-11H,2-7H2,1H3,(H2,17,19). The van der Waals surface area contributed by atoms with Crippen molar-refractivity contribution in [3.8, 4) is 0 Å². The van der Waals surface area contributed by atoms with Crippen LogP contribution in [-0.4, -0.2) is 10.9 Å². The van der Waals surface area contributed by atoms with E-state index in [4.69, 9.17) is 5.73 Å². The highest BCUT2D eigenvalue weighted by atomic mass is 79.9. The summed E-state index contributed by atoms with van der Waals surface area (Å²) in [5.41, 5.74) is 7.31. The first-order valence-corrected chi connectivity index (χ1v) is 7.81. The van der Waals surface area contributed by atoms with Crippen molar-refractivity contribution in [1.82, 2.24) is 4.98 Å². The SMILES string of the molecule is CC(C(N)=O)c1ncc(CC2CCCCC2)cc1Br. The molecule has 0 aliphatic heterocycles. The van der Waals surface area contributed by atoms with Crippen LogP contribution in [0.2, 0.25) is 0 Å². The Morgan fingerprint density at radius 1 is 1.47 bits per heavy atom. The largest absolute Gasteiger partial charge is 0.369 e. The number of rotatable bonds is 4. The summed E-state index contributed by atoms with van der Waals surface area (Å²) in [7, 11) is 0. The second kappa shape index (κ2) is 6.51. The van der Waals surface area contributed by atoms with E-state index in [9.17, 15) is 4.79 Å². The second-order valence-electron chi connectivity index (χ2n) is 5.54. The Morgan fingerprint density at radius 2 is 2.16 bits per heavy atom. The maximum Gasteiger partial charge on any atom is 0.226 e. The molecule has 1 aliphatic carbocycles. The Labute approximate surface area is 123 Å². The lowest BCUT2D eigenvalue weighted by molar-refractivity contribution is -0.119. The number of hydrogen-bond donors (Lipinski definition) is 1. The quantitative estimate of drug-likeness (QED) is 0.920. The summed E-state index contributed by atoms with van der Waals surface area (Å²) in [6.45, 7) is 1.79.